The molecule has 0 heterocycles. The fraction of sp³-hybridized carbons (Fsp3) is 0.300. The number of hydrogen-bond acceptors (Lipinski definition) is 3. The second kappa shape index (κ2) is 6.13. The van der Waals surface area contributed by atoms with Crippen LogP contribution in [0.4, 0.5) is 13.2 Å². The molecule has 0 bridgehead atoms. The molecule has 0 spiro atoms. The van der Waals surface area contributed by atoms with E-state index in [1.807, 2.05) is 0 Å². The number of alkyl halides is 3. The number of carbonyl (C=O) groups excluding carboxylic acids is 1. The Labute approximate surface area is 107 Å². The predicted molar refractivity (Wildman–Crippen MR) is 54.3 cm³/mol. The summed E-state index contributed by atoms with van der Waals surface area (Å²) in [5, 5.41) is 0. The molecule has 1 aromatic carbocycles. The summed E-state index contributed by atoms with van der Waals surface area (Å²) in [5.41, 5.74) is 0.840. The molecule has 1 aromatic rings. The number of hydrogen-bond donors (Lipinski definition) is 0. The third-order valence-corrected chi connectivity index (χ3v) is 4.46. The van der Waals surface area contributed by atoms with Gasteiger partial charge in [-0.05, 0) is 0 Å². The van der Waals surface area contributed by atoms with Crippen LogP contribution in [-0.4, -0.2) is 33.9 Å². The van der Waals surface area contributed by atoms with Gasteiger partial charge >= 0.3 is 107 Å². The van der Waals surface area contributed by atoms with Crippen LogP contribution in [0.5, 0.6) is 5.75 Å². The van der Waals surface area contributed by atoms with Gasteiger partial charge < -0.3 is 0 Å². The first-order valence-electron chi connectivity index (χ1n) is 4.62. The van der Waals surface area contributed by atoms with Crippen molar-refractivity contribution in [3.05, 3.63) is 29.8 Å². The van der Waals surface area contributed by atoms with Crippen LogP contribution in [0, 0.1) is 0 Å². The van der Waals surface area contributed by atoms with E-state index in [4.69, 9.17) is 3.07 Å². The molecule has 7 heteroatoms. The molecule has 0 unspecified atom stereocenters. The fourth-order valence-corrected chi connectivity index (χ4v) is 2.96. The van der Waals surface area contributed by atoms with Crippen LogP contribution >= 0.6 is 0 Å². The molecule has 92 valence electrons. The Morgan fingerprint density at radius 1 is 1.29 bits per heavy atom. The molecule has 0 aliphatic carbocycles. The van der Waals surface area contributed by atoms with Gasteiger partial charge in [-0.15, -0.1) is 0 Å². The van der Waals surface area contributed by atoms with E-state index in [1.165, 1.54) is 31.2 Å². The fourth-order valence-electron chi connectivity index (χ4n) is 1.03. The normalized spacial score (nSPS) is 11.1. The van der Waals surface area contributed by atoms with Gasteiger partial charge in [-0.2, -0.15) is 0 Å². The van der Waals surface area contributed by atoms with Crippen molar-refractivity contribution in [3.8, 4) is 5.75 Å². The van der Waals surface area contributed by atoms with Crippen molar-refractivity contribution in [2.24, 2.45) is 0 Å². The summed E-state index contributed by atoms with van der Waals surface area (Å²) in [4.78, 5) is 10.5. The van der Waals surface area contributed by atoms with Crippen LogP contribution in [-0.2, 0) is 12.3 Å². The van der Waals surface area contributed by atoms with Gasteiger partial charge in [0.2, 0.25) is 0 Å². The van der Waals surface area contributed by atoms with Gasteiger partial charge in [0.15, 0.2) is 0 Å². The van der Waals surface area contributed by atoms with Crippen molar-refractivity contribution in [2.45, 2.75) is 17.7 Å². The standard InChI is InChI=1S/C8H6F3O.C2H4O2.Sn/c1-6-2-4-7(5-3-6)12-8(9,10)11;1-2(3)4;/h2-5H,1H2;1H3,(H,3,4);/q;;+1/p-1. The zero-order valence-corrected chi connectivity index (χ0v) is 11.7. The molecule has 2 radical (unpaired) electrons. The Balaban J connectivity index is 2.47. The van der Waals surface area contributed by atoms with Crippen molar-refractivity contribution in [1.29, 1.82) is 0 Å². The molecule has 0 fully saturated rings. The molecule has 17 heavy (non-hydrogen) atoms. The molecule has 0 N–H and O–H groups in total. The Morgan fingerprint density at radius 3 is 2.35 bits per heavy atom. The van der Waals surface area contributed by atoms with E-state index in [1.54, 1.807) is 0 Å². The van der Waals surface area contributed by atoms with Crippen LogP contribution in [0.1, 0.15) is 12.5 Å². The van der Waals surface area contributed by atoms with Crippen LogP contribution in [0.25, 0.3) is 0 Å². The number of ether oxygens (including phenoxy) is 1. The summed E-state index contributed by atoms with van der Waals surface area (Å²) in [6.45, 7) is 1.33. The first-order chi connectivity index (χ1) is 7.87. The van der Waals surface area contributed by atoms with E-state index < -0.39 is 27.9 Å². The van der Waals surface area contributed by atoms with Gasteiger partial charge in [-0.1, -0.05) is 0 Å². The topological polar surface area (TPSA) is 35.5 Å². The predicted octanol–water partition coefficient (Wildman–Crippen LogP) is 2.27. The second-order valence-corrected chi connectivity index (χ2v) is 5.52. The molecule has 1 rings (SSSR count). The first kappa shape index (κ1) is 14.1. The van der Waals surface area contributed by atoms with Crippen molar-refractivity contribution < 1.29 is 25.8 Å². The van der Waals surface area contributed by atoms with Crippen LogP contribution in [0.15, 0.2) is 24.3 Å². The molecule has 0 aromatic heterocycles. The minimum atomic E-state index is -4.67. The quantitative estimate of drug-likeness (QED) is 0.780. The average molecular weight is 353 g/mol. The van der Waals surface area contributed by atoms with Crippen LogP contribution in [0.3, 0.4) is 0 Å². The van der Waals surface area contributed by atoms with Gasteiger partial charge in [0, 0.05) is 0 Å². The number of halogens is 3. The Bertz CT molecular complexity index is 375. The molecular weight excluding hydrogens is 344 g/mol. The summed E-state index contributed by atoms with van der Waals surface area (Å²) >= 11 is -1.26. The van der Waals surface area contributed by atoms with Gasteiger partial charge in [0.1, 0.15) is 0 Å². The van der Waals surface area contributed by atoms with E-state index in [0.29, 0.717) is 4.44 Å². The van der Waals surface area contributed by atoms with Gasteiger partial charge in [0.05, 0.1) is 0 Å². The molecular formula is C10H9F3O3Sn. The zero-order chi connectivity index (χ0) is 12.9. The number of benzene rings is 1. The average Bonchev–Trinajstić information content (AvgIpc) is 2.18. The van der Waals surface area contributed by atoms with Crippen LogP contribution < -0.4 is 4.74 Å². The van der Waals surface area contributed by atoms with Crippen LogP contribution in [0.2, 0.25) is 0 Å². The molecule has 0 atom stereocenters. The SMILES string of the molecule is CC(=O)[O][Sn][CH2]c1ccc(OC(F)(F)F)cc1. The second-order valence-electron chi connectivity index (χ2n) is 3.11. The van der Waals surface area contributed by atoms with E-state index in [0.717, 1.165) is 5.56 Å². The molecule has 0 aliphatic heterocycles. The summed E-state index contributed by atoms with van der Waals surface area (Å²) in [5.74, 6) is -0.562. The molecule has 0 saturated carbocycles. The van der Waals surface area contributed by atoms with E-state index in [2.05, 4.69) is 4.74 Å². The zero-order valence-electron chi connectivity index (χ0n) is 8.88. The number of carbonyl (C=O) groups is 1. The summed E-state index contributed by atoms with van der Waals surface area (Å²) in [6.07, 6.45) is -4.67. The third-order valence-electron chi connectivity index (χ3n) is 1.65. The van der Waals surface area contributed by atoms with Gasteiger partial charge in [-0.25, -0.2) is 0 Å². The van der Waals surface area contributed by atoms with E-state index in [-0.39, 0.29) is 11.7 Å². The van der Waals surface area contributed by atoms with Crippen molar-refractivity contribution in [1.82, 2.24) is 0 Å². The maximum absolute atomic E-state index is 11.9. The van der Waals surface area contributed by atoms with Crippen molar-refractivity contribution in [3.63, 3.8) is 0 Å². The molecule has 0 aliphatic rings. The molecule has 0 saturated heterocycles. The van der Waals surface area contributed by atoms with Gasteiger partial charge in [0.25, 0.3) is 0 Å². The summed E-state index contributed by atoms with van der Waals surface area (Å²) in [6, 6.07) is 5.56. The third kappa shape index (κ3) is 6.40. The van der Waals surface area contributed by atoms with Crippen molar-refractivity contribution >= 4 is 27.5 Å². The first-order valence-corrected chi connectivity index (χ1v) is 7.80. The maximum atomic E-state index is 11.9. The summed E-state index contributed by atoms with van der Waals surface area (Å²) in [7, 11) is 0. The van der Waals surface area contributed by atoms with E-state index >= 15 is 0 Å². The molecule has 3 nitrogen and oxygen atoms in total. The monoisotopic (exact) mass is 354 g/mol. The molecule has 0 amide bonds. The van der Waals surface area contributed by atoms with Crippen molar-refractivity contribution in [2.75, 3.05) is 0 Å². The number of rotatable bonds is 4. The summed E-state index contributed by atoms with van der Waals surface area (Å²) < 4.78 is 44.8. The Kier molecular flexibility index (Phi) is 5.10. The minimum absolute atomic E-state index is 0.251. The van der Waals surface area contributed by atoms with Gasteiger partial charge in [-0.3, -0.25) is 0 Å². The Morgan fingerprint density at radius 2 is 1.88 bits per heavy atom. The van der Waals surface area contributed by atoms with E-state index in [9.17, 15) is 18.0 Å². The Hall–Kier alpha value is -0.921.